The molecule has 96 valence electrons. The van der Waals surface area contributed by atoms with Gasteiger partial charge in [0, 0.05) is 11.6 Å². The smallest absolute Gasteiger partial charge is 0.143 e. The van der Waals surface area contributed by atoms with Gasteiger partial charge in [-0.2, -0.15) is 5.10 Å². The van der Waals surface area contributed by atoms with E-state index in [0.717, 1.165) is 5.56 Å². The highest BCUT2D eigenvalue weighted by Crippen LogP contribution is 2.26. The summed E-state index contributed by atoms with van der Waals surface area (Å²) < 4.78 is 19.9. The Morgan fingerprint density at radius 1 is 1.32 bits per heavy atom. The monoisotopic (exact) mass is 277 g/mol. The molecule has 2 heterocycles. The van der Waals surface area contributed by atoms with Gasteiger partial charge in [-0.15, -0.1) is 0 Å². The molecule has 0 unspecified atom stereocenters. The molecule has 3 aromatic rings. The van der Waals surface area contributed by atoms with Gasteiger partial charge in [0.15, 0.2) is 0 Å². The summed E-state index contributed by atoms with van der Waals surface area (Å²) in [6.07, 6.45) is 4.70. The third-order valence-electron chi connectivity index (χ3n) is 2.70. The molecule has 0 saturated carbocycles. The predicted molar refractivity (Wildman–Crippen MR) is 70.6 cm³/mol. The lowest BCUT2D eigenvalue weighted by atomic mass is 10.2. The van der Waals surface area contributed by atoms with Crippen LogP contribution in [-0.4, -0.2) is 9.78 Å². The summed E-state index contributed by atoms with van der Waals surface area (Å²) in [5, 5.41) is 4.38. The lowest BCUT2D eigenvalue weighted by Gasteiger charge is -2.01. The molecule has 2 N–H and O–H groups in total. The zero-order chi connectivity index (χ0) is 13.4. The van der Waals surface area contributed by atoms with Crippen LogP contribution in [0.15, 0.2) is 47.4 Å². The summed E-state index contributed by atoms with van der Waals surface area (Å²) in [6.45, 7) is 0. The number of halogens is 2. The van der Waals surface area contributed by atoms with Crippen LogP contribution in [0.5, 0.6) is 0 Å². The van der Waals surface area contributed by atoms with Gasteiger partial charge in [-0.1, -0.05) is 11.6 Å². The van der Waals surface area contributed by atoms with Crippen LogP contribution in [0, 0.1) is 5.82 Å². The van der Waals surface area contributed by atoms with E-state index in [0.29, 0.717) is 17.1 Å². The van der Waals surface area contributed by atoms with Gasteiger partial charge in [-0.05, 0) is 18.2 Å². The normalized spacial score (nSPS) is 10.8. The van der Waals surface area contributed by atoms with Crippen molar-refractivity contribution in [1.82, 2.24) is 9.78 Å². The summed E-state index contributed by atoms with van der Waals surface area (Å²) in [4.78, 5) is 0. The molecule has 0 amide bonds. The molecule has 2 aromatic heterocycles. The Bertz CT molecular complexity index is 722. The molecule has 6 heteroatoms. The minimum atomic E-state index is -0.502. The fraction of sp³-hybridized carbons (Fsp3) is 0. The average molecular weight is 278 g/mol. The minimum absolute atomic E-state index is 0.0685. The maximum Gasteiger partial charge on any atom is 0.143 e. The molecule has 1 aromatic carbocycles. The standard InChI is InChI=1S/C13H9ClFN3O/c14-10-2-1-9(5-11(10)15)18-6-12(16)13(17-18)8-3-4-19-7-8/h1-7H,16H2. The zero-order valence-corrected chi connectivity index (χ0v) is 10.4. The van der Waals surface area contributed by atoms with E-state index in [1.807, 2.05) is 0 Å². The van der Waals surface area contributed by atoms with Crippen molar-refractivity contribution in [2.24, 2.45) is 0 Å². The van der Waals surface area contributed by atoms with Crippen LogP contribution in [0.25, 0.3) is 16.9 Å². The summed E-state index contributed by atoms with van der Waals surface area (Å²) >= 11 is 5.64. The molecule has 0 spiro atoms. The van der Waals surface area contributed by atoms with E-state index >= 15 is 0 Å². The molecular weight excluding hydrogens is 269 g/mol. The van der Waals surface area contributed by atoms with Crippen molar-refractivity contribution in [2.45, 2.75) is 0 Å². The zero-order valence-electron chi connectivity index (χ0n) is 9.68. The molecule has 3 rings (SSSR count). The molecule has 0 bridgehead atoms. The van der Waals surface area contributed by atoms with E-state index in [1.54, 1.807) is 24.6 Å². The van der Waals surface area contributed by atoms with Crippen LogP contribution in [0.4, 0.5) is 10.1 Å². The average Bonchev–Trinajstić information content (AvgIpc) is 3.01. The number of hydrogen-bond donors (Lipinski definition) is 1. The number of nitrogens with two attached hydrogens (primary N) is 1. The van der Waals surface area contributed by atoms with Crippen LogP contribution < -0.4 is 5.73 Å². The minimum Gasteiger partial charge on any atom is -0.472 e. The fourth-order valence-corrected chi connectivity index (χ4v) is 1.89. The molecule has 0 aliphatic heterocycles. The molecule has 0 radical (unpaired) electrons. The molecule has 4 nitrogen and oxygen atoms in total. The SMILES string of the molecule is Nc1cn(-c2ccc(Cl)c(F)c2)nc1-c1ccoc1. The number of nitrogen functional groups attached to an aromatic ring is 1. The van der Waals surface area contributed by atoms with Crippen LogP contribution in [0.3, 0.4) is 0 Å². The van der Waals surface area contributed by atoms with Gasteiger partial charge in [0.05, 0.1) is 35.1 Å². The van der Waals surface area contributed by atoms with Crippen molar-refractivity contribution in [2.75, 3.05) is 5.73 Å². The number of benzene rings is 1. The number of hydrogen-bond acceptors (Lipinski definition) is 3. The number of rotatable bonds is 2. The van der Waals surface area contributed by atoms with Crippen molar-refractivity contribution in [1.29, 1.82) is 0 Å². The second-order valence-electron chi connectivity index (χ2n) is 3.99. The van der Waals surface area contributed by atoms with Crippen molar-refractivity contribution in [3.8, 4) is 16.9 Å². The van der Waals surface area contributed by atoms with Crippen LogP contribution in [-0.2, 0) is 0 Å². The van der Waals surface area contributed by atoms with Gasteiger partial charge >= 0.3 is 0 Å². The van der Waals surface area contributed by atoms with Crippen molar-refractivity contribution in [3.63, 3.8) is 0 Å². The Labute approximate surface area is 113 Å². The highest BCUT2D eigenvalue weighted by atomic mass is 35.5. The number of furan rings is 1. The van der Waals surface area contributed by atoms with E-state index in [9.17, 15) is 4.39 Å². The highest BCUT2D eigenvalue weighted by Gasteiger charge is 2.11. The van der Waals surface area contributed by atoms with E-state index in [-0.39, 0.29) is 5.02 Å². The molecule has 0 aliphatic rings. The third kappa shape index (κ3) is 2.08. The van der Waals surface area contributed by atoms with Gasteiger partial charge in [0.1, 0.15) is 11.5 Å². The Hall–Kier alpha value is -2.27. The molecule has 0 atom stereocenters. The topological polar surface area (TPSA) is 57.0 Å². The van der Waals surface area contributed by atoms with Crippen molar-refractivity contribution in [3.05, 3.63) is 53.8 Å². The summed E-state index contributed by atoms with van der Waals surface area (Å²) in [5.74, 6) is -0.502. The Morgan fingerprint density at radius 2 is 2.16 bits per heavy atom. The molecular formula is C13H9ClFN3O. The van der Waals surface area contributed by atoms with Crippen molar-refractivity contribution >= 4 is 17.3 Å². The van der Waals surface area contributed by atoms with Gasteiger partial charge in [-0.3, -0.25) is 0 Å². The quantitative estimate of drug-likeness (QED) is 0.780. The number of nitrogens with zero attached hydrogens (tertiary/aromatic N) is 2. The first-order valence-corrected chi connectivity index (χ1v) is 5.86. The lowest BCUT2D eigenvalue weighted by Crippen LogP contribution is -1.95. The van der Waals surface area contributed by atoms with Crippen LogP contribution in [0.1, 0.15) is 0 Å². The largest absolute Gasteiger partial charge is 0.472 e. The first-order valence-electron chi connectivity index (χ1n) is 5.48. The highest BCUT2D eigenvalue weighted by molar-refractivity contribution is 6.30. The van der Waals surface area contributed by atoms with E-state index in [4.69, 9.17) is 21.8 Å². The van der Waals surface area contributed by atoms with Gasteiger partial charge in [0.2, 0.25) is 0 Å². The molecule has 19 heavy (non-hydrogen) atoms. The van der Waals surface area contributed by atoms with Crippen LogP contribution >= 0.6 is 11.6 Å². The first-order chi connectivity index (χ1) is 9.15. The Morgan fingerprint density at radius 3 is 2.84 bits per heavy atom. The fourth-order valence-electron chi connectivity index (χ4n) is 1.77. The second-order valence-corrected chi connectivity index (χ2v) is 4.40. The number of aromatic nitrogens is 2. The van der Waals surface area contributed by atoms with Gasteiger partial charge < -0.3 is 10.2 Å². The Balaban J connectivity index is 2.07. The van der Waals surface area contributed by atoms with E-state index < -0.39 is 5.82 Å². The van der Waals surface area contributed by atoms with Gasteiger partial charge in [0.25, 0.3) is 0 Å². The van der Waals surface area contributed by atoms with Crippen molar-refractivity contribution < 1.29 is 8.81 Å². The maximum absolute atomic E-state index is 13.4. The second kappa shape index (κ2) is 4.44. The molecule has 0 fully saturated rings. The summed E-state index contributed by atoms with van der Waals surface area (Å²) in [7, 11) is 0. The third-order valence-corrected chi connectivity index (χ3v) is 3.01. The summed E-state index contributed by atoms with van der Waals surface area (Å²) in [6, 6.07) is 6.19. The Kier molecular flexibility index (Phi) is 2.76. The first kappa shape index (κ1) is 11.8. The van der Waals surface area contributed by atoms with Crippen LogP contribution in [0.2, 0.25) is 5.02 Å². The predicted octanol–water partition coefficient (Wildman–Crippen LogP) is 3.51. The van der Waals surface area contributed by atoms with Gasteiger partial charge in [-0.25, -0.2) is 9.07 Å². The molecule has 0 saturated heterocycles. The lowest BCUT2D eigenvalue weighted by molar-refractivity contribution is 0.568. The summed E-state index contributed by atoms with van der Waals surface area (Å²) in [5.41, 5.74) is 8.28. The molecule has 0 aliphatic carbocycles. The maximum atomic E-state index is 13.4. The van der Waals surface area contributed by atoms with E-state index in [2.05, 4.69) is 5.10 Å². The van der Waals surface area contributed by atoms with E-state index in [1.165, 1.54) is 23.1 Å². The number of anilines is 1.